The van der Waals surface area contributed by atoms with Crippen molar-refractivity contribution in [2.75, 3.05) is 25.0 Å². The van der Waals surface area contributed by atoms with Crippen LogP contribution in [0.5, 0.6) is 0 Å². The molecule has 2 aromatic rings. The van der Waals surface area contributed by atoms with Crippen LogP contribution in [0.25, 0.3) is 11.1 Å². The first-order chi connectivity index (χ1) is 11.3. The van der Waals surface area contributed by atoms with Crippen molar-refractivity contribution in [1.82, 2.24) is 5.32 Å². The van der Waals surface area contributed by atoms with E-state index in [0.29, 0.717) is 6.54 Å². The summed E-state index contributed by atoms with van der Waals surface area (Å²) >= 11 is 0. The molecule has 1 saturated heterocycles. The highest BCUT2D eigenvalue weighted by atomic mass is 16.5. The molecule has 0 radical (unpaired) electrons. The van der Waals surface area contributed by atoms with Gasteiger partial charge in [0, 0.05) is 24.4 Å². The van der Waals surface area contributed by atoms with Crippen LogP contribution in [0.2, 0.25) is 0 Å². The number of hydrogen-bond acceptors (Lipinski definition) is 3. The SMILES string of the molecule is O=C(CNCC1CCCO1)Nc1ccccc1-c1ccccc1. The summed E-state index contributed by atoms with van der Waals surface area (Å²) in [6, 6.07) is 17.9. The second-order valence-corrected chi connectivity index (χ2v) is 5.73. The van der Waals surface area contributed by atoms with Gasteiger partial charge in [-0.05, 0) is 24.5 Å². The highest BCUT2D eigenvalue weighted by Gasteiger charge is 2.15. The summed E-state index contributed by atoms with van der Waals surface area (Å²) in [5.41, 5.74) is 2.96. The minimum absolute atomic E-state index is 0.0358. The molecule has 23 heavy (non-hydrogen) atoms. The summed E-state index contributed by atoms with van der Waals surface area (Å²) in [5.74, 6) is -0.0358. The highest BCUT2D eigenvalue weighted by molar-refractivity contribution is 5.96. The first-order valence-corrected chi connectivity index (χ1v) is 8.09. The monoisotopic (exact) mass is 310 g/mol. The normalized spacial score (nSPS) is 17.1. The molecule has 1 unspecified atom stereocenters. The molecule has 1 heterocycles. The van der Waals surface area contributed by atoms with Gasteiger partial charge in [-0.1, -0.05) is 48.5 Å². The summed E-state index contributed by atoms with van der Waals surface area (Å²) in [7, 11) is 0. The fraction of sp³-hybridized carbons (Fsp3) is 0.316. The number of carbonyl (C=O) groups is 1. The van der Waals surface area contributed by atoms with E-state index in [0.717, 1.165) is 42.8 Å². The molecule has 120 valence electrons. The van der Waals surface area contributed by atoms with Crippen molar-refractivity contribution < 1.29 is 9.53 Å². The van der Waals surface area contributed by atoms with Gasteiger partial charge in [-0.3, -0.25) is 4.79 Å². The summed E-state index contributed by atoms with van der Waals surface area (Å²) < 4.78 is 5.54. The predicted molar refractivity (Wildman–Crippen MR) is 92.4 cm³/mol. The number of benzene rings is 2. The van der Waals surface area contributed by atoms with E-state index < -0.39 is 0 Å². The molecule has 2 N–H and O–H groups in total. The lowest BCUT2D eigenvalue weighted by molar-refractivity contribution is -0.115. The van der Waals surface area contributed by atoms with Gasteiger partial charge in [0.1, 0.15) is 0 Å². The van der Waals surface area contributed by atoms with E-state index in [2.05, 4.69) is 10.6 Å². The van der Waals surface area contributed by atoms with Crippen molar-refractivity contribution >= 4 is 11.6 Å². The summed E-state index contributed by atoms with van der Waals surface area (Å²) in [4.78, 5) is 12.2. The van der Waals surface area contributed by atoms with Crippen molar-refractivity contribution in [3.8, 4) is 11.1 Å². The second kappa shape index (κ2) is 7.90. The van der Waals surface area contributed by atoms with Gasteiger partial charge in [-0.2, -0.15) is 0 Å². The topological polar surface area (TPSA) is 50.4 Å². The lowest BCUT2D eigenvalue weighted by Gasteiger charge is -2.13. The van der Waals surface area contributed by atoms with Crippen molar-refractivity contribution in [2.24, 2.45) is 0 Å². The van der Waals surface area contributed by atoms with E-state index in [1.807, 2.05) is 54.6 Å². The van der Waals surface area contributed by atoms with Crippen LogP contribution in [0.3, 0.4) is 0 Å². The van der Waals surface area contributed by atoms with E-state index in [1.54, 1.807) is 0 Å². The molecule has 2 aromatic carbocycles. The Bertz CT molecular complexity index is 637. The molecule has 4 nitrogen and oxygen atoms in total. The van der Waals surface area contributed by atoms with E-state index in [4.69, 9.17) is 4.74 Å². The number of carbonyl (C=O) groups excluding carboxylic acids is 1. The molecule has 0 aromatic heterocycles. The molecule has 0 spiro atoms. The third kappa shape index (κ3) is 4.41. The highest BCUT2D eigenvalue weighted by Crippen LogP contribution is 2.27. The third-order valence-electron chi connectivity index (χ3n) is 3.97. The number of hydrogen-bond donors (Lipinski definition) is 2. The van der Waals surface area contributed by atoms with Gasteiger partial charge < -0.3 is 15.4 Å². The Hall–Kier alpha value is -2.17. The standard InChI is InChI=1S/C19H22N2O2/c22-19(14-20-13-16-9-6-12-23-16)21-18-11-5-4-10-17(18)15-7-2-1-3-8-15/h1-5,7-8,10-11,16,20H,6,9,12-14H2,(H,21,22). The quantitative estimate of drug-likeness (QED) is 0.862. The molecule has 3 rings (SSSR count). The number of nitrogens with one attached hydrogen (secondary N) is 2. The van der Waals surface area contributed by atoms with Crippen LogP contribution < -0.4 is 10.6 Å². The van der Waals surface area contributed by atoms with Gasteiger partial charge in [0.25, 0.3) is 0 Å². The molecule has 1 amide bonds. The molecule has 1 fully saturated rings. The molecule has 0 saturated carbocycles. The maximum absolute atomic E-state index is 12.2. The first kappa shape index (κ1) is 15.7. The van der Waals surface area contributed by atoms with E-state index in [9.17, 15) is 4.79 Å². The van der Waals surface area contributed by atoms with Crippen molar-refractivity contribution in [1.29, 1.82) is 0 Å². The van der Waals surface area contributed by atoms with Crippen molar-refractivity contribution in [2.45, 2.75) is 18.9 Å². The molecular formula is C19H22N2O2. The number of para-hydroxylation sites is 1. The molecule has 1 aliphatic heterocycles. The molecular weight excluding hydrogens is 288 g/mol. The Kier molecular flexibility index (Phi) is 5.40. The van der Waals surface area contributed by atoms with Crippen LogP contribution in [0, 0.1) is 0 Å². The zero-order chi connectivity index (χ0) is 15.9. The van der Waals surface area contributed by atoms with Gasteiger partial charge in [0.2, 0.25) is 5.91 Å². The smallest absolute Gasteiger partial charge is 0.238 e. The largest absolute Gasteiger partial charge is 0.377 e. The Morgan fingerprint density at radius 2 is 1.87 bits per heavy atom. The Morgan fingerprint density at radius 3 is 2.65 bits per heavy atom. The summed E-state index contributed by atoms with van der Waals surface area (Å²) in [5, 5.41) is 6.16. The summed E-state index contributed by atoms with van der Waals surface area (Å²) in [6.45, 7) is 1.86. The van der Waals surface area contributed by atoms with E-state index in [1.165, 1.54) is 0 Å². The van der Waals surface area contributed by atoms with Crippen LogP contribution >= 0.6 is 0 Å². The first-order valence-electron chi connectivity index (χ1n) is 8.09. The summed E-state index contributed by atoms with van der Waals surface area (Å²) in [6.07, 6.45) is 2.44. The minimum atomic E-state index is -0.0358. The number of ether oxygens (including phenoxy) is 1. The maximum atomic E-state index is 12.2. The number of amides is 1. The van der Waals surface area contributed by atoms with Crippen LogP contribution in [-0.2, 0) is 9.53 Å². The lowest BCUT2D eigenvalue weighted by Crippen LogP contribution is -2.33. The molecule has 4 heteroatoms. The zero-order valence-electron chi connectivity index (χ0n) is 13.1. The number of rotatable bonds is 6. The average Bonchev–Trinajstić information content (AvgIpc) is 3.09. The van der Waals surface area contributed by atoms with Crippen LogP contribution in [-0.4, -0.2) is 31.7 Å². The third-order valence-corrected chi connectivity index (χ3v) is 3.97. The van der Waals surface area contributed by atoms with Gasteiger partial charge >= 0.3 is 0 Å². The minimum Gasteiger partial charge on any atom is -0.377 e. The molecule has 0 bridgehead atoms. The van der Waals surface area contributed by atoms with Crippen LogP contribution in [0.4, 0.5) is 5.69 Å². The van der Waals surface area contributed by atoms with Crippen molar-refractivity contribution in [3.63, 3.8) is 0 Å². The molecule has 0 aliphatic carbocycles. The fourth-order valence-electron chi connectivity index (χ4n) is 2.81. The Morgan fingerprint density at radius 1 is 1.09 bits per heavy atom. The lowest BCUT2D eigenvalue weighted by atomic mass is 10.0. The second-order valence-electron chi connectivity index (χ2n) is 5.73. The van der Waals surface area contributed by atoms with Gasteiger partial charge in [-0.25, -0.2) is 0 Å². The van der Waals surface area contributed by atoms with Crippen LogP contribution in [0.15, 0.2) is 54.6 Å². The molecule has 1 atom stereocenters. The van der Waals surface area contributed by atoms with Crippen molar-refractivity contribution in [3.05, 3.63) is 54.6 Å². The van der Waals surface area contributed by atoms with Gasteiger partial charge in [0.05, 0.1) is 12.6 Å². The zero-order valence-corrected chi connectivity index (χ0v) is 13.1. The van der Waals surface area contributed by atoms with Gasteiger partial charge in [0.15, 0.2) is 0 Å². The van der Waals surface area contributed by atoms with E-state index >= 15 is 0 Å². The van der Waals surface area contributed by atoms with Crippen LogP contribution in [0.1, 0.15) is 12.8 Å². The fourth-order valence-corrected chi connectivity index (χ4v) is 2.81. The average molecular weight is 310 g/mol. The predicted octanol–water partition coefficient (Wildman–Crippen LogP) is 3.06. The maximum Gasteiger partial charge on any atom is 0.238 e. The Balaban J connectivity index is 1.58. The van der Waals surface area contributed by atoms with E-state index in [-0.39, 0.29) is 12.0 Å². The van der Waals surface area contributed by atoms with Gasteiger partial charge in [-0.15, -0.1) is 0 Å². The number of anilines is 1. The molecule has 1 aliphatic rings. The Labute approximate surface area is 136 Å².